The molecular weight excluding hydrogens is 274 g/mol. The Kier molecular flexibility index (Phi) is 4.60. The van der Waals surface area contributed by atoms with E-state index in [1.807, 2.05) is 0 Å². The lowest BCUT2D eigenvalue weighted by atomic mass is 10.2. The molecule has 8 heteroatoms. The van der Waals surface area contributed by atoms with Crippen molar-refractivity contribution >= 4 is 22.7 Å². The monoisotopic (exact) mass is 289 g/mol. The summed E-state index contributed by atoms with van der Waals surface area (Å²) in [4.78, 5) is 35.0. The van der Waals surface area contributed by atoms with Crippen molar-refractivity contribution in [1.82, 2.24) is 25.6 Å². The normalized spacial score (nSPS) is 10.3. The van der Waals surface area contributed by atoms with Crippen LogP contribution >= 0.6 is 0 Å². The fourth-order valence-electron chi connectivity index (χ4n) is 1.76. The van der Waals surface area contributed by atoms with Crippen molar-refractivity contribution < 1.29 is 9.59 Å². The van der Waals surface area contributed by atoms with Crippen molar-refractivity contribution in [2.45, 2.75) is 13.5 Å². The number of hydrogen-bond acceptors (Lipinski definition) is 5. The Morgan fingerprint density at radius 3 is 2.71 bits per heavy atom. The average Bonchev–Trinajstić information content (AvgIpc) is 2.49. The summed E-state index contributed by atoms with van der Waals surface area (Å²) in [6.07, 6.45) is 0. The van der Waals surface area contributed by atoms with Crippen LogP contribution in [0.4, 0.5) is 0 Å². The maximum atomic E-state index is 12.1. The van der Waals surface area contributed by atoms with E-state index in [9.17, 15) is 14.4 Å². The molecule has 1 aromatic heterocycles. The van der Waals surface area contributed by atoms with Gasteiger partial charge in [-0.2, -0.15) is 0 Å². The van der Waals surface area contributed by atoms with Crippen LogP contribution in [-0.2, 0) is 16.1 Å². The summed E-state index contributed by atoms with van der Waals surface area (Å²) in [6.45, 7) is 1.85. The van der Waals surface area contributed by atoms with Crippen LogP contribution in [0.5, 0.6) is 0 Å². The minimum absolute atomic E-state index is 0.136. The Bertz CT molecular complexity index is 725. The summed E-state index contributed by atoms with van der Waals surface area (Å²) in [6, 6.07) is 6.75. The summed E-state index contributed by atoms with van der Waals surface area (Å²) in [5.41, 5.74) is 0.0789. The molecule has 8 nitrogen and oxygen atoms in total. The molecule has 1 aromatic carbocycles. The minimum Gasteiger partial charge on any atom is -0.355 e. The molecule has 0 spiro atoms. The zero-order chi connectivity index (χ0) is 15.2. The van der Waals surface area contributed by atoms with Crippen molar-refractivity contribution in [2.24, 2.45) is 0 Å². The topological polar surface area (TPSA) is 106 Å². The number of rotatable bonds is 5. The van der Waals surface area contributed by atoms with Crippen molar-refractivity contribution in [3.8, 4) is 0 Å². The number of aromatic nitrogens is 3. The summed E-state index contributed by atoms with van der Waals surface area (Å²) >= 11 is 0. The zero-order valence-corrected chi connectivity index (χ0v) is 11.5. The molecule has 0 radical (unpaired) electrons. The molecule has 110 valence electrons. The molecule has 0 bridgehead atoms. The fourth-order valence-corrected chi connectivity index (χ4v) is 1.76. The molecule has 0 saturated carbocycles. The largest absolute Gasteiger partial charge is 0.355 e. The first-order valence-electron chi connectivity index (χ1n) is 6.47. The minimum atomic E-state index is -0.479. The van der Waals surface area contributed by atoms with Crippen LogP contribution < -0.4 is 16.2 Å². The van der Waals surface area contributed by atoms with E-state index >= 15 is 0 Å². The van der Waals surface area contributed by atoms with Gasteiger partial charge >= 0.3 is 0 Å². The molecule has 2 amide bonds. The van der Waals surface area contributed by atoms with Crippen LogP contribution in [0, 0.1) is 0 Å². The molecule has 0 aliphatic rings. The van der Waals surface area contributed by atoms with Gasteiger partial charge in [0.25, 0.3) is 5.56 Å². The van der Waals surface area contributed by atoms with Crippen LogP contribution in [0.1, 0.15) is 6.92 Å². The van der Waals surface area contributed by atoms with E-state index in [1.54, 1.807) is 31.2 Å². The smallest absolute Gasteiger partial charge is 0.278 e. The van der Waals surface area contributed by atoms with Gasteiger partial charge in [-0.25, -0.2) is 4.68 Å². The molecule has 2 N–H and O–H groups in total. The van der Waals surface area contributed by atoms with Crippen molar-refractivity contribution in [3.63, 3.8) is 0 Å². The van der Waals surface area contributed by atoms with E-state index in [2.05, 4.69) is 20.9 Å². The zero-order valence-electron chi connectivity index (χ0n) is 11.5. The Balaban J connectivity index is 2.06. The van der Waals surface area contributed by atoms with Crippen molar-refractivity contribution in [2.75, 3.05) is 13.1 Å². The fraction of sp³-hybridized carbons (Fsp3) is 0.308. The first kappa shape index (κ1) is 14.6. The summed E-state index contributed by atoms with van der Waals surface area (Å²) in [7, 11) is 0. The standard InChI is InChI=1S/C13H15N5O3/c1-2-14-11(19)7-15-12(20)8-18-13(21)9-5-3-4-6-10(9)16-17-18/h3-6H,2,7-8H2,1H3,(H,14,19)(H,15,20). The molecule has 21 heavy (non-hydrogen) atoms. The van der Waals surface area contributed by atoms with Crippen LogP contribution in [-0.4, -0.2) is 39.9 Å². The molecule has 0 aliphatic heterocycles. The predicted octanol–water partition coefficient (Wildman–Crippen LogP) is -0.956. The molecule has 0 aliphatic carbocycles. The number of amides is 2. The number of hydrogen-bond donors (Lipinski definition) is 2. The lowest BCUT2D eigenvalue weighted by Gasteiger charge is -2.06. The third kappa shape index (κ3) is 3.62. The first-order chi connectivity index (χ1) is 10.1. The maximum Gasteiger partial charge on any atom is 0.278 e. The van der Waals surface area contributed by atoms with Gasteiger partial charge in [-0.3, -0.25) is 14.4 Å². The highest BCUT2D eigenvalue weighted by Crippen LogP contribution is 2.02. The van der Waals surface area contributed by atoms with Gasteiger partial charge in [0.15, 0.2) is 0 Å². The van der Waals surface area contributed by atoms with E-state index in [1.165, 1.54) is 0 Å². The summed E-state index contributed by atoms with van der Waals surface area (Å²) in [5.74, 6) is -0.768. The number of likely N-dealkylation sites (N-methyl/N-ethyl adjacent to an activating group) is 1. The third-order valence-electron chi connectivity index (χ3n) is 2.74. The number of benzene rings is 1. The highest BCUT2D eigenvalue weighted by molar-refractivity contribution is 5.84. The van der Waals surface area contributed by atoms with Crippen LogP contribution in [0.3, 0.4) is 0 Å². The van der Waals surface area contributed by atoms with Crippen LogP contribution in [0.2, 0.25) is 0 Å². The second-order valence-electron chi connectivity index (χ2n) is 4.30. The average molecular weight is 289 g/mol. The van der Waals surface area contributed by atoms with Gasteiger partial charge in [-0.1, -0.05) is 17.3 Å². The van der Waals surface area contributed by atoms with Gasteiger partial charge in [0.2, 0.25) is 11.8 Å². The van der Waals surface area contributed by atoms with Crippen molar-refractivity contribution in [3.05, 3.63) is 34.6 Å². The molecule has 0 unspecified atom stereocenters. The first-order valence-corrected chi connectivity index (χ1v) is 6.47. The molecule has 0 atom stereocenters. The number of carbonyl (C=O) groups is 2. The van der Waals surface area contributed by atoms with Gasteiger partial charge in [0, 0.05) is 6.54 Å². The molecular formula is C13H15N5O3. The lowest BCUT2D eigenvalue weighted by Crippen LogP contribution is -2.40. The lowest BCUT2D eigenvalue weighted by molar-refractivity contribution is -0.126. The Morgan fingerprint density at radius 1 is 1.19 bits per heavy atom. The van der Waals surface area contributed by atoms with Gasteiger partial charge in [0.1, 0.15) is 12.1 Å². The summed E-state index contributed by atoms with van der Waals surface area (Å²) in [5, 5.41) is 12.9. The van der Waals surface area contributed by atoms with Crippen LogP contribution in [0.15, 0.2) is 29.1 Å². The molecule has 2 aromatic rings. The Morgan fingerprint density at radius 2 is 1.95 bits per heavy atom. The van der Waals surface area contributed by atoms with E-state index in [4.69, 9.17) is 0 Å². The van der Waals surface area contributed by atoms with Gasteiger partial charge in [0.05, 0.1) is 11.9 Å². The SMILES string of the molecule is CCNC(=O)CNC(=O)Cn1nnc2ccccc2c1=O. The van der Waals surface area contributed by atoms with E-state index in [0.29, 0.717) is 17.4 Å². The number of fused-ring (bicyclic) bond motifs is 1. The highest BCUT2D eigenvalue weighted by atomic mass is 16.2. The number of nitrogens with one attached hydrogen (secondary N) is 2. The van der Waals surface area contributed by atoms with E-state index < -0.39 is 11.5 Å². The highest BCUT2D eigenvalue weighted by Gasteiger charge is 2.10. The van der Waals surface area contributed by atoms with E-state index in [0.717, 1.165) is 4.68 Å². The predicted molar refractivity (Wildman–Crippen MR) is 75.5 cm³/mol. The quantitative estimate of drug-likeness (QED) is 0.737. The van der Waals surface area contributed by atoms with E-state index in [-0.39, 0.29) is 19.0 Å². The second kappa shape index (κ2) is 6.60. The molecule has 0 fully saturated rings. The molecule has 2 rings (SSSR count). The van der Waals surface area contributed by atoms with Gasteiger partial charge in [-0.15, -0.1) is 5.10 Å². The van der Waals surface area contributed by atoms with Crippen LogP contribution in [0.25, 0.3) is 10.9 Å². The Hall–Kier alpha value is -2.77. The molecule has 0 saturated heterocycles. The number of nitrogens with zero attached hydrogens (tertiary/aromatic N) is 3. The van der Waals surface area contributed by atoms with Gasteiger partial charge < -0.3 is 10.6 Å². The number of carbonyl (C=O) groups excluding carboxylic acids is 2. The second-order valence-corrected chi connectivity index (χ2v) is 4.30. The summed E-state index contributed by atoms with van der Waals surface area (Å²) < 4.78 is 0.968. The van der Waals surface area contributed by atoms with Crippen molar-refractivity contribution in [1.29, 1.82) is 0 Å². The van der Waals surface area contributed by atoms with Gasteiger partial charge in [-0.05, 0) is 19.1 Å². The third-order valence-corrected chi connectivity index (χ3v) is 2.74. The molecule has 1 heterocycles. The Labute approximate surface area is 120 Å². The maximum absolute atomic E-state index is 12.1.